The third kappa shape index (κ3) is 6.01. The summed E-state index contributed by atoms with van der Waals surface area (Å²) < 4.78 is 13.4. The SMILES string of the molecule is CCOc1ccc(NC(=O)CSc2nnc(COc3c(C)cccc3C)n2CC)cc1. The van der Waals surface area contributed by atoms with Crippen molar-refractivity contribution in [1.29, 1.82) is 0 Å². The second kappa shape index (κ2) is 10.9. The second-order valence-corrected chi connectivity index (χ2v) is 7.89. The lowest BCUT2D eigenvalue weighted by atomic mass is 10.1. The molecular formula is C23H28N4O3S. The Balaban J connectivity index is 1.57. The fourth-order valence-corrected chi connectivity index (χ4v) is 3.96. The van der Waals surface area contributed by atoms with E-state index in [1.807, 2.05) is 74.7 Å². The standard InChI is InChI=1S/C23H28N4O3S/c1-5-27-20(14-30-22-16(3)8-7-9-17(22)4)25-26-23(27)31-15-21(28)24-18-10-12-19(13-11-18)29-6-2/h7-13H,5-6,14-15H2,1-4H3,(H,24,28). The van der Waals surface area contributed by atoms with Crippen LogP contribution >= 0.6 is 11.8 Å². The molecule has 0 aliphatic carbocycles. The van der Waals surface area contributed by atoms with Gasteiger partial charge in [0.05, 0.1) is 12.4 Å². The number of aromatic nitrogens is 3. The van der Waals surface area contributed by atoms with Crippen molar-refractivity contribution in [1.82, 2.24) is 14.8 Å². The normalized spacial score (nSPS) is 10.7. The molecule has 2 aromatic carbocycles. The van der Waals surface area contributed by atoms with Crippen molar-refractivity contribution in [3.8, 4) is 11.5 Å². The maximum atomic E-state index is 12.3. The fraction of sp³-hybridized carbons (Fsp3) is 0.348. The molecule has 0 unspecified atom stereocenters. The highest BCUT2D eigenvalue weighted by atomic mass is 32.2. The number of anilines is 1. The van der Waals surface area contributed by atoms with Crippen LogP contribution in [0.25, 0.3) is 0 Å². The minimum atomic E-state index is -0.104. The molecule has 0 radical (unpaired) electrons. The number of aryl methyl sites for hydroxylation is 2. The van der Waals surface area contributed by atoms with Gasteiger partial charge in [0.15, 0.2) is 11.0 Å². The number of rotatable bonds is 10. The number of benzene rings is 2. The van der Waals surface area contributed by atoms with E-state index in [-0.39, 0.29) is 11.7 Å². The number of carbonyl (C=O) groups is 1. The number of amides is 1. The van der Waals surface area contributed by atoms with E-state index in [2.05, 4.69) is 15.5 Å². The predicted octanol–water partition coefficient (Wildman–Crippen LogP) is 4.62. The number of carbonyl (C=O) groups excluding carboxylic acids is 1. The van der Waals surface area contributed by atoms with E-state index in [9.17, 15) is 4.79 Å². The number of nitrogens with zero attached hydrogens (tertiary/aromatic N) is 3. The van der Waals surface area contributed by atoms with Gasteiger partial charge >= 0.3 is 0 Å². The van der Waals surface area contributed by atoms with Gasteiger partial charge in [0.2, 0.25) is 5.91 Å². The molecule has 1 aromatic heterocycles. The van der Waals surface area contributed by atoms with Crippen LogP contribution in [0.1, 0.15) is 30.8 Å². The van der Waals surface area contributed by atoms with Crippen LogP contribution in [-0.4, -0.2) is 33.0 Å². The highest BCUT2D eigenvalue weighted by Crippen LogP contribution is 2.24. The molecule has 3 aromatic rings. The first-order valence-corrected chi connectivity index (χ1v) is 11.3. The number of hydrogen-bond acceptors (Lipinski definition) is 6. The molecule has 0 saturated heterocycles. The largest absolute Gasteiger partial charge is 0.494 e. The van der Waals surface area contributed by atoms with Crippen molar-refractivity contribution in [2.24, 2.45) is 0 Å². The van der Waals surface area contributed by atoms with Crippen molar-refractivity contribution in [2.75, 3.05) is 17.7 Å². The number of thioether (sulfide) groups is 1. The molecule has 0 aliphatic rings. The number of hydrogen-bond donors (Lipinski definition) is 1. The zero-order valence-corrected chi connectivity index (χ0v) is 19.2. The maximum absolute atomic E-state index is 12.3. The zero-order chi connectivity index (χ0) is 22.2. The Labute approximate surface area is 187 Å². The van der Waals surface area contributed by atoms with E-state index in [0.717, 1.165) is 34.1 Å². The molecule has 0 bridgehead atoms. The molecule has 164 valence electrons. The molecule has 0 spiro atoms. The van der Waals surface area contributed by atoms with Gasteiger partial charge in [-0.15, -0.1) is 10.2 Å². The summed E-state index contributed by atoms with van der Waals surface area (Å²) >= 11 is 1.36. The molecule has 0 saturated carbocycles. The van der Waals surface area contributed by atoms with Crippen molar-refractivity contribution in [3.63, 3.8) is 0 Å². The third-order valence-corrected chi connectivity index (χ3v) is 5.61. The summed E-state index contributed by atoms with van der Waals surface area (Å²) in [7, 11) is 0. The number of para-hydroxylation sites is 1. The lowest BCUT2D eigenvalue weighted by Gasteiger charge is -2.12. The summed E-state index contributed by atoms with van der Waals surface area (Å²) in [6, 6.07) is 13.4. The van der Waals surface area contributed by atoms with Crippen molar-refractivity contribution >= 4 is 23.4 Å². The van der Waals surface area contributed by atoms with E-state index in [4.69, 9.17) is 9.47 Å². The third-order valence-electron chi connectivity index (χ3n) is 4.65. The number of ether oxygens (including phenoxy) is 2. The van der Waals surface area contributed by atoms with Crippen LogP contribution in [0.2, 0.25) is 0 Å². The van der Waals surface area contributed by atoms with Crippen LogP contribution in [0.4, 0.5) is 5.69 Å². The molecule has 1 amide bonds. The van der Waals surface area contributed by atoms with Crippen molar-refractivity contribution in [3.05, 3.63) is 59.4 Å². The molecule has 0 aliphatic heterocycles. The first-order valence-electron chi connectivity index (χ1n) is 10.3. The monoisotopic (exact) mass is 440 g/mol. The van der Waals surface area contributed by atoms with Gasteiger partial charge in [-0.1, -0.05) is 30.0 Å². The molecule has 3 rings (SSSR count). The summed E-state index contributed by atoms with van der Waals surface area (Å²) in [5, 5.41) is 12.1. The highest BCUT2D eigenvalue weighted by Gasteiger charge is 2.15. The first kappa shape index (κ1) is 22.7. The van der Waals surface area contributed by atoms with Gasteiger partial charge in [-0.25, -0.2) is 0 Å². The molecule has 7 nitrogen and oxygen atoms in total. The van der Waals surface area contributed by atoms with E-state index >= 15 is 0 Å². The number of nitrogens with one attached hydrogen (secondary N) is 1. The molecule has 1 N–H and O–H groups in total. The van der Waals surface area contributed by atoms with Gasteiger partial charge < -0.3 is 19.4 Å². The van der Waals surface area contributed by atoms with Gasteiger partial charge in [0, 0.05) is 12.2 Å². The quantitative estimate of drug-likeness (QED) is 0.464. The molecular weight excluding hydrogens is 412 g/mol. The Morgan fingerprint density at radius 3 is 2.39 bits per heavy atom. The molecule has 8 heteroatoms. The average Bonchev–Trinajstić information content (AvgIpc) is 3.15. The summed E-state index contributed by atoms with van der Waals surface area (Å²) in [5.74, 6) is 2.52. The topological polar surface area (TPSA) is 78.3 Å². The summed E-state index contributed by atoms with van der Waals surface area (Å²) in [5.41, 5.74) is 2.90. The lowest BCUT2D eigenvalue weighted by Crippen LogP contribution is -2.15. The maximum Gasteiger partial charge on any atom is 0.234 e. The van der Waals surface area contributed by atoms with Crippen molar-refractivity contribution < 1.29 is 14.3 Å². The highest BCUT2D eigenvalue weighted by molar-refractivity contribution is 7.99. The zero-order valence-electron chi connectivity index (χ0n) is 18.3. The average molecular weight is 441 g/mol. The van der Waals surface area contributed by atoms with E-state index < -0.39 is 0 Å². The minimum absolute atomic E-state index is 0.104. The molecule has 0 atom stereocenters. The van der Waals surface area contributed by atoms with E-state index in [0.29, 0.717) is 24.9 Å². The van der Waals surface area contributed by atoms with Crippen LogP contribution in [0.15, 0.2) is 47.6 Å². The van der Waals surface area contributed by atoms with Gasteiger partial charge in [-0.05, 0) is 63.1 Å². The van der Waals surface area contributed by atoms with Crippen molar-refractivity contribution in [2.45, 2.75) is 46.0 Å². The lowest BCUT2D eigenvalue weighted by molar-refractivity contribution is -0.113. The van der Waals surface area contributed by atoms with Gasteiger partial charge in [0.1, 0.15) is 18.1 Å². The van der Waals surface area contributed by atoms with Crippen LogP contribution < -0.4 is 14.8 Å². The summed E-state index contributed by atoms with van der Waals surface area (Å²) in [6.45, 7) is 9.64. The van der Waals surface area contributed by atoms with Crippen LogP contribution in [0, 0.1) is 13.8 Å². The smallest absolute Gasteiger partial charge is 0.234 e. The van der Waals surface area contributed by atoms with Gasteiger partial charge in [-0.3, -0.25) is 4.79 Å². The Kier molecular flexibility index (Phi) is 7.94. The molecule has 1 heterocycles. The molecule has 31 heavy (non-hydrogen) atoms. The second-order valence-electron chi connectivity index (χ2n) is 6.95. The Bertz CT molecular complexity index is 998. The molecule has 0 fully saturated rings. The van der Waals surface area contributed by atoms with Crippen LogP contribution in [-0.2, 0) is 17.9 Å². The minimum Gasteiger partial charge on any atom is -0.494 e. The predicted molar refractivity (Wildman–Crippen MR) is 123 cm³/mol. The Morgan fingerprint density at radius 2 is 1.74 bits per heavy atom. The van der Waals surface area contributed by atoms with E-state index in [1.54, 1.807) is 0 Å². The van der Waals surface area contributed by atoms with Crippen LogP contribution in [0.3, 0.4) is 0 Å². The summed E-state index contributed by atoms with van der Waals surface area (Å²) in [6.07, 6.45) is 0. The summed E-state index contributed by atoms with van der Waals surface area (Å²) in [4.78, 5) is 12.3. The van der Waals surface area contributed by atoms with Gasteiger partial charge in [0.25, 0.3) is 0 Å². The Hall–Kier alpha value is -3.00. The van der Waals surface area contributed by atoms with Gasteiger partial charge in [-0.2, -0.15) is 0 Å². The van der Waals surface area contributed by atoms with E-state index in [1.165, 1.54) is 11.8 Å². The Morgan fingerprint density at radius 1 is 1.03 bits per heavy atom. The van der Waals surface area contributed by atoms with Crippen LogP contribution in [0.5, 0.6) is 11.5 Å². The first-order chi connectivity index (χ1) is 15.0. The fourth-order valence-electron chi connectivity index (χ4n) is 3.14.